The zero-order valence-electron chi connectivity index (χ0n) is 16.7. The van der Waals surface area contributed by atoms with E-state index in [1.165, 1.54) is 24.3 Å². The Morgan fingerprint density at radius 2 is 1.50 bits per heavy atom. The highest BCUT2D eigenvalue weighted by atomic mass is 35.5. The lowest BCUT2D eigenvalue weighted by atomic mass is 10.0. The molecule has 0 heterocycles. The summed E-state index contributed by atoms with van der Waals surface area (Å²) >= 11 is 5.89. The van der Waals surface area contributed by atoms with Gasteiger partial charge in [0, 0.05) is 10.6 Å². The topological polar surface area (TPSA) is 84.5 Å². The molecule has 3 aromatic carbocycles. The maximum absolute atomic E-state index is 13.3. The quantitative estimate of drug-likeness (QED) is 0.256. The largest absolute Gasteiger partial charge is 0.452 e. The fourth-order valence-electron chi connectivity index (χ4n) is 2.65. The summed E-state index contributed by atoms with van der Waals surface area (Å²) in [6.07, 6.45) is 1.54. The van der Waals surface area contributed by atoms with Crippen molar-refractivity contribution in [1.82, 2.24) is 10.9 Å². The predicted octanol–water partition coefficient (Wildman–Crippen LogP) is 4.02. The molecule has 0 aliphatic carbocycles. The lowest BCUT2D eigenvalue weighted by Gasteiger charge is -2.10. The smallest absolute Gasteiger partial charge is 0.339 e. The number of hydrogen-bond acceptors (Lipinski definition) is 4. The number of amides is 2. The monoisotopic (exact) mass is 452 g/mol. The van der Waals surface area contributed by atoms with Gasteiger partial charge >= 0.3 is 5.97 Å². The van der Waals surface area contributed by atoms with E-state index in [1.807, 2.05) is 0 Å². The van der Waals surface area contributed by atoms with E-state index in [-0.39, 0.29) is 5.57 Å². The molecule has 8 heteroatoms. The summed E-state index contributed by atoms with van der Waals surface area (Å²) in [5, 5.41) is 0.530. The van der Waals surface area contributed by atoms with Crippen LogP contribution in [0.5, 0.6) is 0 Å². The van der Waals surface area contributed by atoms with Gasteiger partial charge in [0.15, 0.2) is 6.61 Å². The van der Waals surface area contributed by atoms with Gasteiger partial charge < -0.3 is 4.74 Å². The number of ether oxygens (including phenoxy) is 1. The molecule has 0 saturated heterocycles. The lowest BCUT2D eigenvalue weighted by molar-refractivity contribution is -0.143. The van der Waals surface area contributed by atoms with Crippen LogP contribution >= 0.6 is 11.6 Å². The molecule has 0 atom stereocenters. The number of benzene rings is 3. The molecule has 0 bridgehead atoms. The molecule has 0 aromatic heterocycles. The van der Waals surface area contributed by atoms with Gasteiger partial charge in [0.2, 0.25) is 0 Å². The van der Waals surface area contributed by atoms with Gasteiger partial charge in [-0.1, -0.05) is 54.1 Å². The average molecular weight is 453 g/mol. The van der Waals surface area contributed by atoms with E-state index in [2.05, 4.69) is 10.9 Å². The van der Waals surface area contributed by atoms with Gasteiger partial charge in [-0.2, -0.15) is 0 Å². The normalized spacial score (nSPS) is 10.9. The number of carbonyl (C=O) groups excluding carboxylic acids is 3. The first-order chi connectivity index (χ1) is 15.4. The number of halogens is 2. The first-order valence-corrected chi connectivity index (χ1v) is 9.85. The van der Waals surface area contributed by atoms with Crippen LogP contribution in [0.1, 0.15) is 21.5 Å². The fraction of sp³-hybridized carbons (Fsp3) is 0.0417. The first kappa shape index (κ1) is 22.7. The highest BCUT2D eigenvalue weighted by Crippen LogP contribution is 2.21. The Morgan fingerprint density at radius 1 is 0.844 bits per heavy atom. The maximum Gasteiger partial charge on any atom is 0.339 e. The minimum atomic E-state index is -0.795. The molecule has 6 nitrogen and oxygen atoms in total. The summed E-state index contributed by atoms with van der Waals surface area (Å²) in [4.78, 5) is 36.6. The van der Waals surface area contributed by atoms with Crippen molar-refractivity contribution in [2.24, 2.45) is 0 Å². The summed E-state index contributed by atoms with van der Waals surface area (Å²) in [5.41, 5.74) is 5.95. The zero-order valence-corrected chi connectivity index (χ0v) is 17.4. The molecular weight excluding hydrogens is 435 g/mol. The average Bonchev–Trinajstić information content (AvgIpc) is 2.82. The number of hydrogen-bond donors (Lipinski definition) is 2. The van der Waals surface area contributed by atoms with Gasteiger partial charge in [0.05, 0.1) is 5.57 Å². The molecule has 3 rings (SSSR count). The van der Waals surface area contributed by atoms with Crippen LogP contribution in [-0.4, -0.2) is 24.4 Å². The van der Waals surface area contributed by atoms with Crippen molar-refractivity contribution in [1.29, 1.82) is 0 Å². The van der Waals surface area contributed by atoms with E-state index < -0.39 is 30.2 Å². The maximum atomic E-state index is 13.3. The van der Waals surface area contributed by atoms with Crippen LogP contribution in [0.2, 0.25) is 5.02 Å². The van der Waals surface area contributed by atoms with E-state index in [9.17, 15) is 18.8 Å². The van der Waals surface area contributed by atoms with E-state index in [4.69, 9.17) is 16.3 Å². The van der Waals surface area contributed by atoms with Crippen molar-refractivity contribution in [2.75, 3.05) is 6.61 Å². The summed E-state index contributed by atoms with van der Waals surface area (Å²) in [6.45, 7) is -0.632. The molecule has 0 unspecified atom stereocenters. The van der Waals surface area contributed by atoms with Crippen molar-refractivity contribution in [3.8, 4) is 0 Å². The van der Waals surface area contributed by atoms with Crippen LogP contribution in [-0.2, 0) is 14.3 Å². The first-order valence-electron chi connectivity index (χ1n) is 9.47. The molecule has 32 heavy (non-hydrogen) atoms. The Kier molecular flexibility index (Phi) is 7.72. The Labute approximate surface area is 188 Å². The van der Waals surface area contributed by atoms with Crippen molar-refractivity contribution in [3.05, 3.63) is 106 Å². The molecule has 2 N–H and O–H groups in total. The molecule has 0 aliphatic heterocycles. The summed E-state index contributed by atoms with van der Waals surface area (Å²) < 4.78 is 18.4. The molecule has 0 spiro atoms. The number of rotatable bonds is 6. The molecule has 0 radical (unpaired) electrons. The Hall–Kier alpha value is -3.97. The van der Waals surface area contributed by atoms with E-state index in [0.717, 1.165) is 0 Å². The zero-order chi connectivity index (χ0) is 22.9. The van der Waals surface area contributed by atoms with E-state index >= 15 is 0 Å². The lowest BCUT2D eigenvalue weighted by Crippen LogP contribution is -2.43. The predicted molar refractivity (Wildman–Crippen MR) is 119 cm³/mol. The van der Waals surface area contributed by atoms with Crippen LogP contribution in [0.3, 0.4) is 0 Å². The second kappa shape index (κ2) is 10.9. The molecule has 0 saturated carbocycles. The highest BCUT2D eigenvalue weighted by Gasteiger charge is 2.16. The van der Waals surface area contributed by atoms with Crippen LogP contribution in [0.15, 0.2) is 78.9 Å². The van der Waals surface area contributed by atoms with Gasteiger partial charge in [-0.05, 0) is 53.6 Å². The summed E-state index contributed by atoms with van der Waals surface area (Å²) in [7, 11) is 0. The Morgan fingerprint density at radius 3 is 2.16 bits per heavy atom. The van der Waals surface area contributed by atoms with Crippen LogP contribution in [0, 0.1) is 5.82 Å². The van der Waals surface area contributed by atoms with Gasteiger partial charge in [-0.25, -0.2) is 9.18 Å². The van der Waals surface area contributed by atoms with Crippen LogP contribution < -0.4 is 10.9 Å². The standard InChI is InChI=1S/C24H18ClFN2O4/c25-19-10-6-16(7-11-19)14-21(17-8-12-20(26)13-9-17)24(31)32-15-22(29)27-28-23(30)18-4-2-1-3-5-18/h1-14H,15H2,(H,27,29)(H,28,30)/b21-14-. The number of hydrazine groups is 1. The second-order valence-corrected chi connectivity index (χ2v) is 7.00. The molecule has 3 aromatic rings. The summed E-state index contributed by atoms with van der Waals surface area (Å²) in [6, 6.07) is 20.3. The van der Waals surface area contributed by atoms with Gasteiger partial charge in [-0.15, -0.1) is 0 Å². The molecular formula is C24H18ClFN2O4. The molecule has 0 aliphatic rings. The minimum absolute atomic E-state index is 0.119. The fourth-order valence-corrected chi connectivity index (χ4v) is 2.77. The Balaban J connectivity index is 1.65. The third-order valence-electron chi connectivity index (χ3n) is 4.24. The van der Waals surface area contributed by atoms with Gasteiger partial charge in [-0.3, -0.25) is 20.4 Å². The van der Waals surface area contributed by atoms with Crippen LogP contribution in [0.4, 0.5) is 4.39 Å². The van der Waals surface area contributed by atoms with Crippen molar-refractivity contribution < 1.29 is 23.5 Å². The number of carbonyl (C=O) groups is 3. The molecule has 0 fully saturated rings. The highest BCUT2D eigenvalue weighted by molar-refractivity contribution is 6.30. The SMILES string of the molecule is O=C(COC(=O)/C(=C\c1ccc(Cl)cc1)c1ccc(F)cc1)NNC(=O)c1ccccc1. The van der Waals surface area contributed by atoms with Crippen molar-refractivity contribution in [3.63, 3.8) is 0 Å². The number of esters is 1. The minimum Gasteiger partial charge on any atom is -0.452 e. The van der Waals surface area contributed by atoms with E-state index in [0.29, 0.717) is 21.7 Å². The van der Waals surface area contributed by atoms with Crippen LogP contribution in [0.25, 0.3) is 11.6 Å². The van der Waals surface area contributed by atoms with Gasteiger partial charge in [0.25, 0.3) is 11.8 Å². The second-order valence-electron chi connectivity index (χ2n) is 6.56. The number of nitrogens with one attached hydrogen (secondary N) is 2. The van der Waals surface area contributed by atoms with E-state index in [1.54, 1.807) is 60.7 Å². The molecule has 162 valence electrons. The third-order valence-corrected chi connectivity index (χ3v) is 4.49. The van der Waals surface area contributed by atoms with Gasteiger partial charge in [0.1, 0.15) is 5.82 Å². The Bertz CT molecular complexity index is 1130. The third kappa shape index (κ3) is 6.52. The summed E-state index contributed by atoms with van der Waals surface area (Å²) in [5.74, 6) is -2.50. The van der Waals surface area contributed by atoms with Crippen molar-refractivity contribution >= 4 is 41.0 Å². The molecule has 2 amide bonds. The van der Waals surface area contributed by atoms with Crippen molar-refractivity contribution in [2.45, 2.75) is 0 Å².